The number of rotatable bonds is 1. The van der Waals surface area contributed by atoms with Gasteiger partial charge >= 0.3 is 0 Å². The van der Waals surface area contributed by atoms with Crippen molar-refractivity contribution >= 4 is 35.9 Å². The second-order valence-corrected chi connectivity index (χ2v) is 10.2. The minimum Gasteiger partial charge on any atom is -0.215 e. The quantitative estimate of drug-likeness (QED) is 0.333. The van der Waals surface area contributed by atoms with Crippen LogP contribution in [0.15, 0.2) is 112 Å². The van der Waals surface area contributed by atoms with E-state index >= 15 is 0 Å². The Morgan fingerprint density at radius 2 is 1.56 bits per heavy atom. The van der Waals surface area contributed by atoms with Gasteiger partial charge in [0.2, 0.25) is 0 Å². The number of fused-ring (bicyclic) bond motifs is 5. The standard InChI is InChI=1S/C27H21NS.C7H8/c1-3-9-21-18(6-1)12-16-23-22(21)15-13-20-8-5-10-24(27(20)23)25-17-14-19-7-2-4-11-26(19)29-28-25;1-2-4-6-7-5-3-1/h1-4,6-9,11-15,17,24H,5,10,16H2;1-6H,7H2. The van der Waals surface area contributed by atoms with Gasteiger partial charge in [-0.3, -0.25) is 0 Å². The third-order valence-electron chi connectivity index (χ3n) is 7.17. The molecule has 176 valence electrons. The first-order valence-electron chi connectivity index (χ1n) is 12.8. The molecule has 0 saturated heterocycles. The van der Waals surface area contributed by atoms with Gasteiger partial charge in [-0.25, -0.2) is 4.40 Å². The summed E-state index contributed by atoms with van der Waals surface area (Å²) in [6.07, 6.45) is 26.0. The Morgan fingerprint density at radius 1 is 0.722 bits per heavy atom. The Kier molecular flexibility index (Phi) is 6.69. The summed E-state index contributed by atoms with van der Waals surface area (Å²) in [7, 11) is 0. The Balaban J connectivity index is 0.000000299. The van der Waals surface area contributed by atoms with Crippen LogP contribution in [0.25, 0.3) is 18.2 Å². The molecule has 3 aliphatic carbocycles. The molecule has 3 aromatic carbocycles. The van der Waals surface area contributed by atoms with Crippen molar-refractivity contribution in [3.8, 4) is 0 Å². The highest BCUT2D eigenvalue weighted by atomic mass is 32.2. The first-order valence-corrected chi connectivity index (χ1v) is 13.6. The van der Waals surface area contributed by atoms with E-state index in [0.717, 1.165) is 25.7 Å². The van der Waals surface area contributed by atoms with Crippen LogP contribution in [0.2, 0.25) is 0 Å². The smallest absolute Gasteiger partial charge is 0.0566 e. The molecule has 0 aromatic heterocycles. The van der Waals surface area contributed by atoms with E-state index in [1.807, 2.05) is 12.2 Å². The van der Waals surface area contributed by atoms with Crippen LogP contribution in [0.4, 0.5) is 0 Å². The summed E-state index contributed by atoms with van der Waals surface area (Å²) in [6, 6.07) is 21.9. The molecule has 1 nitrogen and oxygen atoms in total. The van der Waals surface area contributed by atoms with Crippen molar-refractivity contribution in [2.24, 2.45) is 4.40 Å². The van der Waals surface area contributed by atoms with Crippen LogP contribution < -0.4 is 10.4 Å². The maximum atomic E-state index is 5.00. The summed E-state index contributed by atoms with van der Waals surface area (Å²) in [6.45, 7) is 0. The van der Waals surface area contributed by atoms with E-state index in [1.54, 1.807) is 11.9 Å². The number of hydrogen-bond donors (Lipinski definition) is 0. The SMILES string of the molecule is C1=CC=CCC=C1.C1=Cc2ccccc2SN=C1C1CCC=c2ccc3c(c21)CC=c1ccccc1=3. The molecule has 0 saturated carbocycles. The van der Waals surface area contributed by atoms with Gasteiger partial charge in [-0.15, -0.1) is 0 Å². The highest BCUT2D eigenvalue weighted by molar-refractivity contribution is 7.98. The molecule has 3 aromatic rings. The molecular weight excluding hydrogens is 454 g/mol. The maximum absolute atomic E-state index is 5.00. The minimum atomic E-state index is 0.363. The fourth-order valence-corrected chi connectivity index (χ4v) is 6.20. The van der Waals surface area contributed by atoms with Gasteiger partial charge in [0.25, 0.3) is 0 Å². The molecule has 1 heterocycles. The average Bonchev–Trinajstić information content (AvgIpc) is 3.37. The molecule has 4 aliphatic rings. The Bertz CT molecular complexity index is 1650. The van der Waals surface area contributed by atoms with E-state index in [4.69, 9.17) is 4.40 Å². The lowest BCUT2D eigenvalue weighted by molar-refractivity contribution is 0.768. The van der Waals surface area contributed by atoms with Crippen molar-refractivity contribution in [2.75, 3.05) is 0 Å². The third kappa shape index (κ3) is 4.62. The van der Waals surface area contributed by atoms with Gasteiger partial charge in [0.05, 0.1) is 5.71 Å². The number of hydrogen-bond acceptors (Lipinski definition) is 2. The predicted molar refractivity (Wildman–Crippen MR) is 155 cm³/mol. The van der Waals surface area contributed by atoms with Crippen molar-refractivity contribution in [3.63, 3.8) is 0 Å². The van der Waals surface area contributed by atoms with Gasteiger partial charge in [-0.05, 0) is 75.4 Å². The van der Waals surface area contributed by atoms with E-state index in [0.29, 0.717) is 5.92 Å². The van der Waals surface area contributed by atoms with Crippen LogP contribution in [0.5, 0.6) is 0 Å². The van der Waals surface area contributed by atoms with E-state index in [2.05, 4.69) is 109 Å². The molecule has 36 heavy (non-hydrogen) atoms. The second kappa shape index (κ2) is 10.6. The molecule has 0 amide bonds. The lowest BCUT2D eigenvalue weighted by atomic mass is 9.79. The molecule has 1 aliphatic heterocycles. The van der Waals surface area contributed by atoms with Crippen molar-refractivity contribution in [1.82, 2.24) is 0 Å². The Morgan fingerprint density at radius 3 is 2.47 bits per heavy atom. The third-order valence-corrected chi connectivity index (χ3v) is 8.04. The van der Waals surface area contributed by atoms with Crippen LogP contribution in [0.3, 0.4) is 0 Å². The fraction of sp³-hybridized carbons (Fsp3) is 0.147. The molecule has 0 fully saturated rings. The van der Waals surface area contributed by atoms with Gasteiger partial charge in [-0.2, -0.15) is 0 Å². The van der Waals surface area contributed by atoms with Crippen LogP contribution in [-0.2, 0) is 6.42 Å². The number of allylic oxidation sites excluding steroid dienone is 7. The predicted octanol–water partition coefficient (Wildman–Crippen LogP) is 7.20. The minimum absolute atomic E-state index is 0.363. The molecule has 0 radical (unpaired) electrons. The molecule has 0 N–H and O–H groups in total. The van der Waals surface area contributed by atoms with E-state index < -0.39 is 0 Å². The first-order chi connectivity index (χ1) is 17.9. The molecule has 1 atom stereocenters. The second-order valence-electron chi connectivity index (χ2n) is 9.38. The number of nitrogens with zero attached hydrogens (tertiary/aromatic N) is 1. The van der Waals surface area contributed by atoms with Gasteiger partial charge in [0.1, 0.15) is 0 Å². The lowest BCUT2D eigenvalue weighted by Gasteiger charge is -2.25. The maximum Gasteiger partial charge on any atom is 0.0566 e. The van der Waals surface area contributed by atoms with E-state index in [-0.39, 0.29) is 0 Å². The Labute approximate surface area is 217 Å². The summed E-state index contributed by atoms with van der Waals surface area (Å²) in [5, 5.41) is 5.52. The van der Waals surface area contributed by atoms with Crippen LogP contribution in [0, 0.1) is 10.4 Å². The zero-order valence-electron chi connectivity index (χ0n) is 20.3. The van der Waals surface area contributed by atoms with E-state index in [9.17, 15) is 0 Å². The molecule has 2 heteroatoms. The number of benzene rings is 3. The van der Waals surface area contributed by atoms with Crippen LogP contribution in [-0.4, -0.2) is 5.71 Å². The topological polar surface area (TPSA) is 12.4 Å². The van der Waals surface area contributed by atoms with Crippen LogP contribution in [0.1, 0.15) is 41.9 Å². The highest BCUT2D eigenvalue weighted by Crippen LogP contribution is 2.34. The zero-order valence-corrected chi connectivity index (χ0v) is 21.1. The molecule has 0 spiro atoms. The summed E-state index contributed by atoms with van der Waals surface area (Å²) < 4.78 is 5.00. The fourth-order valence-electron chi connectivity index (χ4n) is 5.43. The highest BCUT2D eigenvalue weighted by Gasteiger charge is 2.25. The largest absolute Gasteiger partial charge is 0.215 e. The average molecular weight is 484 g/mol. The van der Waals surface area contributed by atoms with Crippen molar-refractivity contribution < 1.29 is 0 Å². The molecule has 7 rings (SSSR count). The monoisotopic (exact) mass is 483 g/mol. The molecule has 1 unspecified atom stereocenters. The van der Waals surface area contributed by atoms with Crippen LogP contribution >= 0.6 is 11.9 Å². The van der Waals surface area contributed by atoms with Gasteiger partial charge in [-0.1, -0.05) is 109 Å². The summed E-state index contributed by atoms with van der Waals surface area (Å²) >= 11 is 1.62. The molecule has 0 bridgehead atoms. The van der Waals surface area contributed by atoms with Gasteiger partial charge in [0, 0.05) is 22.8 Å². The Hall–Kier alpha value is -3.62. The summed E-state index contributed by atoms with van der Waals surface area (Å²) in [4.78, 5) is 1.23. The van der Waals surface area contributed by atoms with E-state index in [1.165, 1.54) is 48.2 Å². The normalized spacial score (nSPS) is 18.4. The summed E-state index contributed by atoms with van der Waals surface area (Å²) in [5.74, 6) is 0.363. The first kappa shape index (κ1) is 22.8. The zero-order chi connectivity index (χ0) is 24.2. The summed E-state index contributed by atoms with van der Waals surface area (Å²) in [5.41, 5.74) is 5.45. The van der Waals surface area contributed by atoms with Crippen molar-refractivity contribution in [2.45, 2.75) is 36.5 Å². The molecular formula is C34H29NS. The van der Waals surface area contributed by atoms with Gasteiger partial charge < -0.3 is 0 Å². The van der Waals surface area contributed by atoms with Crippen molar-refractivity contribution in [3.05, 3.63) is 141 Å². The lowest BCUT2D eigenvalue weighted by Crippen LogP contribution is -2.26. The van der Waals surface area contributed by atoms with Gasteiger partial charge in [0.15, 0.2) is 0 Å². The van der Waals surface area contributed by atoms with Crippen molar-refractivity contribution in [1.29, 1.82) is 0 Å².